The maximum absolute atomic E-state index is 6.23. The van der Waals surface area contributed by atoms with E-state index >= 15 is 0 Å². The summed E-state index contributed by atoms with van der Waals surface area (Å²) in [6, 6.07) is 5.48. The van der Waals surface area contributed by atoms with E-state index in [9.17, 15) is 0 Å². The maximum Gasteiger partial charge on any atom is 0.138 e. The minimum atomic E-state index is 0.136. The van der Waals surface area contributed by atoms with Gasteiger partial charge >= 0.3 is 0 Å². The van der Waals surface area contributed by atoms with Gasteiger partial charge in [-0.1, -0.05) is 50.0 Å². The Morgan fingerprint density at radius 2 is 2.05 bits per heavy atom. The van der Waals surface area contributed by atoms with Crippen molar-refractivity contribution in [3.05, 3.63) is 46.5 Å². The largest absolute Gasteiger partial charge is 0.225 e. The minimum absolute atomic E-state index is 0.136. The third kappa shape index (κ3) is 4.09. The van der Waals surface area contributed by atoms with Crippen molar-refractivity contribution in [2.45, 2.75) is 27.2 Å². The molecule has 0 atom stereocenters. The van der Waals surface area contributed by atoms with Crippen molar-refractivity contribution in [2.24, 2.45) is 5.41 Å². The molecule has 0 amide bonds. The zero-order chi connectivity index (χ0) is 14.8. The van der Waals surface area contributed by atoms with Crippen LogP contribution >= 0.6 is 23.2 Å². The van der Waals surface area contributed by atoms with E-state index in [1.54, 1.807) is 17.1 Å². The van der Waals surface area contributed by atoms with E-state index in [2.05, 4.69) is 30.9 Å². The first kappa shape index (κ1) is 15.1. The second kappa shape index (κ2) is 5.98. The zero-order valence-electron chi connectivity index (χ0n) is 11.8. The lowest BCUT2D eigenvalue weighted by molar-refractivity contribution is 0.419. The molecule has 0 radical (unpaired) electrons. The molecule has 20 heavy (non-hydrogen) atoms. The molecule has 1 aromatic carbocycles. The fourth-order valence-corrected chi connectivity index (χ4v) is 2.36. The van der Waals surface area contributed by atoms with Gasteiger partial charge in [0.05, 0.1) is 0 Å². The molecule has 0 aliphatic carbocycles. The van der Waals surface area contributed by atoms with E-state index < -0.39 is 0 Å². The molecule has 2 rings (SSSR count). The number of rotatable bonds is 3. The number of aromatic nitrogens is 3. The van der Waals surface area contributed by atoms with Crippen LogP contribution < -0.4 is 0 Å². The third-order valence-corrected chi connectivity index (χ3v) is 3.27. The van der Waals surface area contributed by atoms with Crippen LogP contribution in [0.5, 0.6) is 0 Å². The Morgan fingerprint density at radius 1 is 1.30 bits per heavy atom. The fourth-order valence-electron chi connectivity index (χ4n) is 1.90. The lowest BCUT2D eigenvalue weighted by Crippen LogP contribution is -2.10. The van der Waals surface area contributed by atoms with Gasteiger partial charge in [-0.3, -0.25) is 0 Å². The number of allylic oxidation sites excluding steroid dienone is 1. The average Bonchev–Trinajstić information content (AvgIpc) is 2.83. The van der Waals surface area contributed by atoms with Crippen molar-refractivity contribution in [1.82, 2.24) is 14.8 Å². The highest BCUT2D eigenvalue weighted by Crippen LogP contribution is 2.30. The van der Waals surface area contributed by atoms with Gasteiger partial charge in [0.25, 0.3) is 0 Å². The molecular weight excluding hydrogens is 293 g/mol. The van der Waals surface area contributed by atoms with Crippen LogP contribution in [0, 0.1) is 5.41 Å². The van der Waals surface area contributed by atoms with E-state index in [-0.39, 0.29) is 5.41 Å². The number of halogens is 2. The molecule has 0 fully saturated rings. The fraction of sp³-hybridized carbons (Fsp3) is 0.333. The molecule has 0 N–H and O–H groups in total. The Bertz CT molecular complexity index is 611. The van der Waals surface area contributed by atoms with Crippen LogP contribution in [0.25, 0.3) is 11.8 Å². The van der Waals surface area contributed by atoms with Gasteiger partial charge in [-0.2, -0.15) is 5.10 Å². The zero-order valence-corrected chi connectivity index (χ0v) is 13.3. The number of hydrogen-bond donors (Lipinski definition) is 0. The second-order valence-electron chi connectivity index (χ2n) is 5.88. The van der Waals surface area contributed by atoms with Crippen LogP contribution in [0.3, 0.4) is 0 Å². The molecule has 5 heteroatoms. The first-order valence-corrected chi connectivity index (χ1v) is 7.11. The summed E-state index contributed by atoms with van der Waals surface area (Å²) in [6.07, 6.45) is 6.11. The summed E-state index contributed by atoms with van der Waals surface area (Å²) in [6.45, 7) is 6.55. The molecule has 0 spiro atoms. The predicted molar refractivity (Wildman–Crippen MR) is 84.7 cm³/mol. The Balaban J connectivity index is 2.42. The van der Waals surface area contributed by atoms with Gasteiger partial charge < -0.3 is 0 Å². The first-order chi connectivity index (χ1) is 9.35. The molecule has 0 bridgehead atoms. The average molecular weight is 310 g/mol. The molecule has 0 aliphatic heterocycles. The number of hydrogen-bond acceptors (Lipinski definition) is 2. The highest BCUT2D eigenvalue weighted by Gasteiger charge is 2.15. The Hall–Kier alpha value is -1.32. The molecule has 106 valence electrons. The van der Waals surface area contributed by atoms with Gasteiger partial charge in [0.1, 0.15) is 12.7 Å². The first-order valence-electron chi connectivity index (χ1n) is 6.36. The number of nitrogens with zero attached hydrogens (tertiary/aromatic N) is 3. The van der Waals surface area contributed by atoms with Crippen LogP contribution in [-0.2, 0) is 0 Å². The summed E-state index contributed by atoms with van der Waals surface area (Å²) in [5.74, 6) is 0. The van der Waals surface area contributed by atoms with E-state index in [1.165, 1.54) is 6.33 Å². The molecule has 0 saturated carbocycles. The van der Waals surface area contributed by atoms with E-state index in [4.69, 9.17) is 23.2 Å². The SMILES string of the molecule is CC(C)(C)CC(=Cc1ccc(Cl)cc1Cl)n1cncn1. The van der Waals surface area contributed by atoms with Gasteiger partial charge in [-0.25, -0.2) is 9.67 Å². The molecule has 0 aliphatic rings. The van der Waals surface area contributed by atoms with Crippen LogP contribution in [0.4, 0.5) is 0 Å². The Labute approximate surface area is 129 Å². The van der Waals surface area contributed by atoms with Gasteiger partial charge in [-0.15, -0.1) is 0 Å². The lowest BCUT2D eigenvalue weighted by atomic mass is 9.90. The Kier molecular flexibility index (Phi) is 4.51. The van der Waals surface area contributed by atoms with Gasteiger partial charge in [0.2, 0.25) is 0 Å². The smallest absolute Gasteiger partial charge is 0.138 e. The van der Waals surface area contributed by atoms with Gasteiger partial charge in [-0.05, 0) is 35.6 Å². The molecule has 0 unspecified atom stereocenters. The molecule has 2 aromatic rings. The van der Waals surface area contributed by atoms with E-state index in [1.807, 2.05) is 18.2 Å². The standard InChI is InChI=1S/C15H17Cl2N3/c1-15(2,3)8-13(20-10-18-9-19-20)6-11-4-5-12(16)7-14(11)17/h4-7,9-10H,8H2,1-3H3. The van der Waals surface area contributed by atoms with Gasteiger partial charge in [0.15, 0.2) is 0 Å². The van der Waals surface area contributed by atoms with Crippen molar-refractivity contribution in [1.29, 1.82) is 0 Å². The lowest BCUT2D eigenvalue weighted by Gasteiger charge is -2.20. The molecular formula is C15H17Cl2N3. The van der Waals surface area contributed by atoms with E-state index in [0.29, 0.717) is 10.0 Å². The molecule has 3 nitrogen and oxygen atoms in total. The van der Waals surface area contributed by atoms with Crippen molar-refractivity contribution in [3.63, 3.8) is 0 Å². The topological polar surface area (TPSA) is 30.7 Å². The summed E-state index contributed by atoms with van der Waals surface area (Å²) in [4.78, 5) is 4.01. The highest BCUT2D eigenvalue weighted by atomic mass is 35.5. The molecule has 0 saturated heterocycles. The summed E-state index contributed by atoms with van der Waals surface area (Å²) < 4.78 is 1.77. The third-order valence-electron chi connectivity index (χ3n) is 2.71. The second-order valence-corrected chi connectivity index (χ2v) is 6.72. The van der Waals surface area contributed by atoms with Crippen molar-refractivity contribution >= 4 is 35.0 Å². The van der Waals surface area contributed by atoms with Crippen molar-refractivity contribution in [2.75, 3.05) is 0 Å². The summed E-state index contributed by atoms with van der Waals surface area (Å²) in [5, 5.41) is 5.47. The predicted octanol–water partition coefficient (Wildman–Crippen LogP) is 5.02. The molecule has 1 aromatic heterocycles. The maximum atomic E-state index is 6.23. The van der Waals surface area contributed by atoms with Gasteiger partial charge in [0, 0.05) is 15.7 Å². The van der Waals surface area contributed by atoms with E-state index in [0.717, 1.165) is 17.7 Å². The minimum Gasteiger partial charge on any atom is -0.225 e. The summed E-state index contributed by atoms with van der Waals surface area (Å²) in [5.41, 5.74) is 2.10. The summed E-state index contributed by atoms with van der Waals surface area (Å²) >= 11 is 12.2. The van der Waals surface area contributed by atoms with Crippen LogP contribution in [0.2, 0.25) is 10.0 Å². The van der Waals surface area contributed by atoms with Crippen molar-refractivity contribution < 1.29 is 0 Å². The monoisotopic (exact) mass is 309 g/mol. The van der Waals surface area contributed by atoms with Crippen LogP contribution in [0.1, 0.15) is 32.8 Å². The summed E-state index contributed by atoms with van der Waals surface area (Å²) in [7, 11) is 0. The normalized spacial score (nSPS) is 12.8. The highest BCUT2D eigenvalue weighted by molar-refractivity contribution is 6.35. The number of benzene rings is 1. The van der Waals surface area contributed by atoms with Crippen LogP contribution in [-0.4, -0.2) is 14.8 Å². The molecule has 1 heterocycles. The van der Waals surface area contributed by atoms with Crippen LogP contribution in [0.15, 0.2) is 30.9 Å². The van der Waals surface area contributed by atoms with Crippen molar-refractivity contribution in [3.8, 4) is 0 Å². The Morgan fingerprint density at radius 3 is 2.60 bits per heavy atom. The quantitative estimate of drug-likeness (QED) is 0.797.